The molecule has 1 unspecified atom stereocenters. The van der Waals surface area contributed by atoms with Crippen LogP contribution in [0.25, 0.3) is 0 Å². The molecule has 1 aromatic heterocycles. The molecule has 1 atom stereocenters. The topological polar surface area (TPSA) is 123 Å². The number of amides is 2. The van der Waals surface area contributed by atoms with Crippen molar-refractivity contribution in [3.05, 3.63) is 41.1 Å². The van der Waals surface area contributed by atoms with E-state index in [4.69, 9.17) is 15.2 Å². The lowest BCUT2D eigenvalue weighted by atomic mass is 9.85. The predicted molar refractivity (Wildman–Crippen MR) is 106 cm³/mol. The van der Waals surface area contributed by atoms with Crippen molar-refractivity contribution in [3.63, 3.8) is 0 Å². The average molecular weight is 399 g/mol. The van der Waals surface area contributed by atoms with E-state index in [1.807, 2.05) is 24.3 Å². The molecule has 0 bridgehead atoms. The average Bonchev–Trinajstić information content (AvgIpc) is 3.16. The summed E-state index contributed by atoms with van der Waals surface area (Å²) in [4.78, 5) is 26.1. The van der Waals surface area contributed by atoms with Gasteiger partial charge in [0.2, 0.25) is 5.91 Å². The molecule has 0 spiro atoms. The standard InChI is InChI=1S/C20H25N5O4/c21-19(27)18-17-15(12-16(26)22-20(17)24-23-18)13-2-4-14(5-3-13)29-9-1-6-25-7-10-28-11-8-25/h2-5,15H,1,6-12H2,(H2,21,27)(H2,22,23,24,26). The molecule has 0 aliphatic carbocycles. The van der Waals surface area contributed by atoms with Crippen LogP contribution in [0.1, 0.15) is 40.4 Å². The third kappa shape index (κ3) is 4.41. The summed E-state index contributed by atoms with van der Waals surface area (Å²) in [5, 5.41) is 9.33. The van der Waals surface area contributed by atoms with Gasteiger partial charge in [-0.3, -0.25) is 19.6 Å². The number of fused-ring (bicyclic) bond motifs is 1. The van der Waals surface area contributed by atoms with Crippen molar-refractivity contribution in [2.75, 3.05) is 44.8 Å². The lowest BCUT2D eigenvalue weighted by molar-refractivity contribution is -0.116. The van der Waals surface area contributed by atoms with Crippen LogP contribution in [0.2, 0.25) is 0 Å². The Kier molecular flexibility index (Phi) is 5.77. The molecule has 2 aliphatic heterocycles. The Labute approximate surface area is 168 Å². The van der Waals surface area contributed by atoms with Crippen molar-refractivity contribution >= 4 is 17.6 Å². The first kappa shape index (κ1) is 19.4. The second kappa shape index (κ2) is 8.62. The summed E-state index contributed by atoms with van der Waals surface area (Å²) < 4.78 is 11.2. The van der Waals surface area contributed by atoms with Gasteiger partial charge >= 0.3 is 0 Å². The molecule has 9 nitrogen and oxygen atoms in total. The molecule has 0 radical (unpaired) electrons. The third-order valence-electron chi connectivity index (χ3n) is 5.32. The van der Waals surface area contributed by atoms with Crippen LogP contribution < -0.4 is 15.8 Å². The number of aromatic nitrogens is 2. The number of nitrogens with one attached hydrogen (secondary N) is 2. The number of rotatable bonds is 7. The monoisotopic (exact) mass is 399 g/mol. The molecule has 1 aromatic carbocycles. The van der Waals surface area contributed by atoms with Gasteiger partial charge in [-0.05, 0) is 24.1 Å². The molecule has 9 heteroatoms. The fraction of sp³-hybridized carbons (Fsp3) is 0.450. The van der Waals surface area contributed by atoms with Crippen molar-refractivity contribution in [3.8, 4) is 5.75 Å². The highest BCUT2D eigenvalue weighted by Crippen LogP contribution is 2.38. The third-order valence-corrected chi connectivity index (χ3v) is 5.32. The van der Waals surface area contributed by atoms with E-state index in [2.05, 4.69) is 20.4 Å². The summed E-state index contributed by atoms with van der Waals surface area (Å²) in [6, 6.07) is 7.62. The fourth-order valence-corrected chi connectivity index (χ4v) is 3.83. The number of hydrogen-bond acceptors (Lipinski definition) is 6. The van der Waals surface area contributed by atoms with Crippen LogP contribution in [0.4, 0.5) is 5.82 Å². The summed E-state index contributed by atoms with van der Waals surface area (Å²) in [6.45, 7) is 5.20. The molecule has 4 N–H and O–H groups in total. The molecule has 2 aliphatic rings. The Morgan fingerprint density at radius 3 is 2.76 bits per heavy atom. The molecule has 3 heterocycles. The maximum absolute atomic E-state index is 12.0. The highest BCUT2D eigenvalue weighted by Gasteiger charge is 2.33. The molecule has 2 aromatic rings. The van der Waals surface area contributed by atoms with E-state index in [0.717, 1.165) is 50.6 Å². The van der Waals surface area contributed by atoms with Gasteiger partial charge in [0.05, 0.1) is 19.8 Å². The lowest BCUT2D eigenvalue weighted by Gasteiger charge is -2.26. The van der Waals surface area contributed by atoms with Gasteiger partial charge in [0.15, 0.2) is 5.82 Å². The Morgan fingerprint density at radius 2 is 2.03 bits per heavy atom. The number of morpholine rings is 1. The Morgan fingerprint density at radius 1 is 1.28 bits per heavy atom. The Bertz CT molecular complexity index is 873. The molecular formula is C20H25N5O4. The smallest absolute Gasteiger partial charge is 0.267 e. The number of benzene rings is 1. The molecule has 1 saturated heterocycles. The minimum absolute atomic E-state index is 0.145. The highest BCUT2D eigenvalue weighted by molar-refractivity contribution is 6.00. The minimum Gasteiger partial charge on any atom is -0.494 e. The fourth-order valence-electron chi connectivity index (χ4n) is 3.83. The summed E-state index contributed by atoms with van der Waals surface area (Å²) in [6.07, 6.45) is 1.18. The van der Waals surface area contributed by atoms with Gasteiger partial charge in [-0.2, -0.15) is 5.10 Å². The lowest BCUT2D eigenvalue weighted by Crippen LogP contribution is -2.37. The zero-order valence-corrected chi connectivity index (χ0v) is 16.1. The quantitative estimate of drug-likeness (QED) is 0.599. The molecule has 154 valence electrons. The molecule has 1 fully saturated rings. The zero-order valence-electron chi connectivity index (χ0n) is 16.1. The van der Waals surface area contributed by atoms with Gasteiger partial charge in [-0.1, -0.05) is 12.1 Å². The SMILES string of the molecule is NC(=O)c1[nH]nc2c1C(c1ccc(OCCCN3CCOCC3)cc1)CC(=O)N2. The van der Waals surface area contributed by atoms with Crippen LogP contribution >= 0.6 is 0 Å². The van der Waals surface area contributed by atoms with Crippen LogP contribution in [-0.4, -0.2) is 66.4 Å². The largest absolute Gasteiger partial charge is 0.494 e. The first-order valence-corrected chi connectivity index (χ1v) is 9.82. The van der Waals surface area contributed by atoms with Crippen LogP contribution in [0, 0.1) is 0 Å². The van der Waals surface area contributed by atoms with Crippen molar-refractivity contribution < 1.29 is 19.1 Å². The van der Waals surface area contributed by atoms with Crippen LogP contribution in [0.15, 0.2) is 24.3 Å². The number of carbonyl (C=O) groups is 2. The molecule has 4 rings (SSSR count). The number of carbonyl (C=O) groups excluding carboxylic acids is 2. The normalized spacial score (nSPS) is 19.4. The molecule has 29 heavy (non-hydrogen) atoms. The van der Waals surface area contributed by atoms with Crippen molar-refractivity contribution in [2.24, 2.45) is 5.73 Å². The van der Waals surface area contributed by atoms with E-state index in [0.29, 0.717) is 18.0 Å². The maximum atomic E-state index is 12.0. The molecule has 0 saturated carbocycles. The predicted octanol–water partition coefficient (Wildman–Crippen LogP) is 1.08. The van der Waals surface area contributed by atoms with Gasteiger partial charge in [0.25, 0.3) is 5.91 Å². The van der Waals surface area contributed by atoms with E-state index in [-0.39, 0.29) is 23.9 Å². The van der Waals surface area contributed by atoms with Crippen molar-refractivity contribution in [1.29, 1.82) is 0 Å². The van der Waals surface area contributed by atoms with E-state index in [9.17, 15) is 9.59 Å². The minimum atomic E-state index is -0.597. The number of hydrogen-bond donors (Lipinski definition) is 3. The van der Waals surface area contributed by atoms with Gasteiger partial charge in [0.1, 0.15) is 11.4 Å². The number of H-pyrrole nitrogens is 1. The maximum Gasteiger partial charge on any atom is 0.267 e. The highest BCUT2D eigenvalue weighted by atomic mass is 16.5. The number of anilines is 1. The summed E-state index contributed by atoms with van der Waals surface area (Å²) in [7, 11) is 0. The van der Waals surface area contributed by atoms with Gasteiger partial charge in [0, 0.05) is 37.5 Å². The van der Waals surface area contributed by atoms with Crippen molar-refractivity contribution in [1.82, 2.24) is 15.1 Å². The van der Waals surface area contributed by atoms with Crippen molar-refractivity contribution in [2.45, 2.75) is 18.8 Å². The Hall–Kier alpha value is -2.91. The van der Waals surface area contributed by atoms with E-state index >= 15 is 0 Å². The Balaban J connectivity index is 1.38. The zero-order chi connectivity index (χ0) is 20.2. The van der Waals surface area contributed by atoms with Crippen LogP contribution in [0.5, 0.6) is 5.75 Å². The summed E-state index contributed by atoms with van der Waals surface area (Å²) >= 11 is 0. The second-order valence-corrected chi connectivity index (χ2v) is 7.26. The van der Waals surface area contributed by atoms with Gasteiger partial charge in [-0.25, -0.2) is 0 Å². The number of ether oxygens (including phenoxy) is 2. The van der Waals surface area contributed by atoms with E-state index in [1.54, 1.807) is 0 Å². The molecule has 2 amide bonds. The number of nitrogens with zero attached hydrogens (tertiary/aromatic N) is 2. The molecular weight excluding hydrogens is 374 g/mol. The van der Waals surface area contributed by atoms with E-state index in [1.165, 1.54) is 0 Å². The van der Waals surface area contributed by atoms with Crippen LogP contribution in [0.3, 0.4) is 0 Å². The number of primary amides is 1. The number of aromatic amines is 1. The first-order chi connectivity index (χ1) is 14.1. The second-order valence-electron chi connectivity index (χ2n) is 7.26. The van der Waals surface area contributed by atoms with Gasteiger partial charge < -0.3 is 20.5 Å². The summed E-state index contributed by atoms with van der Waals surface area (Å²) in [5.41, 5.74) is 7.22. The van der Waals surface area contributed by atoms with Gasteiger partial charge in [-0.15, -0.1) is 0 Å². The number of nitrogens with two attached hydrogens (primary N) is 1. The van der Waals surface area contributed by atoms with Crippen LogP contribution in [-0.2, 0) is 9.53 Å². The first-order valence-electron chi connectivity index (χ1n) is 9.82. The van der Waals surface area contributed by atoms with E-state index < -0.39 is 5.91 Å². The summed E-state index contributed by atoms with van der Waals surface area (Å²) in [5.74, 6) is 0.117.